The number of carbonyl (C=O) groups is 1. The predicted octanol–water partition coefficient (Wildman–Crippen LogP) is 2.26. The van der Waals surface area contributed by atoms with Crippen LogP contribution >= 0.6 is 0 Å². The highest BCUT2D eigenvalue weighted by Gasteiger charge is 2.35. The Hall–Kier alpha value is -3.37. The van der Waals surface area contributed by atoms with Crippen LogP contribution < -0.4 is 5.56 Å². The Bertz CT molecular complexity index is 1130. The molecule has 0 saturated carbocycles. The molecule has 0 radical (unpaired) electrons. The van der Waals surface area contributed by atoms with Gasteiger partial charge < -0.3 is 4.90 Å². The van der Waals surface area contributed by atoms with Gasteiger partial charge in [-0.15, -0.1) is 0 Å². The van der Waals surface area contributed by atoms with E-state index in [1.807, 2.05) is 0 Å². The van der Waals surface area contributed by atoms with Crippen LogP contribution in [0.3, 0.4) is 0 Å². The fourth-order valence-electron chi connectivity index (χ4n) is 3.58. The zero-order chi connectivity index (χ0) is 21.5. The van der Waals surface area contributed by atoms with Crippen molar-refractivity contribution < 1.29 is 18.0 Å². The van der Waals surface area contributed by atoms with Crippen molar-refractivity contribution in [3.05, 3.63) is 64.6 Å². The monoisotopic (exact) mass is 420 g/mol. The fraction of sp³-hybridized carbons (Fsp3) is 0.368. The molecule has 0 aromatic carbocycles. The quantitative estimate of drug-likeness (QED) is 0.651. The Morgan fingerprint density at radius 3 is 2.67 bits per heavy atom. The first-order chi connectivity index (χ1) is 14.2. The topological polar surface area (TPSA) is 78.0 Å². The van der Waals surface area contributed by atoms with Gasteiger partial charge in [0.25, 0.3) is 11.5 Å². The van der Waals surface area contributed by atoms with E-state index in [2.05, 4.69) is 10.2 Å². The Balaban J connectivity index is 1.55. The van der Waals surface area contributed by atoms with Crippen LogP contribution in [0.5, 0.6) is 0 Å². The van der Waals surface area contributed by atoms with Gasteiger partial charge in [0.05, 0.1) is 23.5 Å². The van der Waals surface area contributed by atoms with Crippen LogP contribution in [0.4, 0.5) is 13.2 Å². The van der Waals surface area contributed by atoms with Gasteiger partial charge in [-0.2, -0.15) is 23.4 Å². The number of alkyl halides is 3. The molecule has 158 valence electrons. The third-order valence-corrected chi connectivity index (χ3v) is 5.08. The fourth-order valence-corrected chi connectivity index (χ4v) is 3.58. The highest BCUT2D eigenvalue weighted by atomic mass is 19.4. The van der Waals surface area contributed by atoms with Crippen LogP contribution in [0.2, 0.25) is 0 Å². The average Bonchev–Trinajstić information content (AvgIpc) is 3.37. The summed E-state index contributed by atoms with van der Waals surface area (Å²) in [6.07, 6.45) is 2.68. The number of aromatic nitrogens is 5. The summed E-state index contributed by atoms with van der Waals surface area (Å²) in [5.41, 5.74) is -0.401. The van der Waals surface area contributed by atoms with Crippen molar-refractivity contribution in [3.8, 4) is 5.69 Å². The molecule has 0 N–H and O–H groups in total. The lowest BCUT2D eigenvalue weighted by Crippen LogP contribution is -2.41. The number of piperidine rings is 1. The summed E-state index contributed by atoms with van der Waals surface area (Å²) < 4.78 is 42.7. The van der Waals surface area contributed by atoms with Gasteiger partial charge >= 0.3 is 6.18 Å². The second-order valence-electron chi connectivity index (χ2n) is 7.22. The van der Waals surface area contributed by atoms with E-state index in [0.717, 1.165) is 6.07 Å². The van der Waals surface area contributed by atoms with Gasteiger partial charge in [-0.05, 0) is 25.0 Å². The molecule has 8 nitrogen and oxygen atoms in total. The maximum absolute atomic E-state index is 13.0. The van der Waals surface area contributed by atoms with Gasteiger partial charge in [0.2, 0.25) is 0 Å². The largest absolute Gasteiger partial charge is 0.435 e. The number of aryl methyl sites for hydroxylation is 1. The molecule has 1 fully saturated rings. The Labute approximate surface area is 169 Å². The summed E-state index contributed by atoms with van der Waals surface area (Å²) in [4.78, 5) is 26.8. The molecule has 3 aromatic heterocycles. The van der Waals surface area contributed by atoms with Crippen molar-refractivity contribution in [2.75, 3.05) is 13.1 Å². The molecule has 1 saturated heterocycles. The van der Waals surface area contributed by atoms with Gasteiger partial charge in [-0.25, -0.2) is 0 Å². The van der Waals surface area contributed by atoms with Crippen LogP contribution in [0.1, 0.15) is 34.9 Å². The summed E-state index contributed by atoms with van der Waals surface area (Å²) in [6, 6.07) is 3.36. The standard InChI is InChI=1S/C19H19F3N6O2/c1-25-11-15(9-23-25)27-10-13(4-5-17(27)29)18(30)26-7-2-3-14(12-26)28-8-6-16(24-28)19(20,21)22/h4-6,8-11,14H,2-3,7,12H2,1H3. The maximum Gasteiger partial charge on any atom is 0.435 e. The highest BCUT2D eigenvalue weighted by Crippen LogP contribution is 2.29. The van der Waals surface area contributed by atoms with E-state index < -0.39 is 11.9 Å². The smallest absolute Gasteiger partial charge is 0.336 e. The number of rotatable bonds is 3. The minimum absolute atomic E-state index is 0.240. The van der Waals surface area contributed by atoms with Crippen molar-refractivity contribution >= 4 is 5.91 Å². The predicted molar refractivity (Wildman–Crippen MR) is 100 cm³/mol. The molecule has 4 rings (SSSR count). The Kier molecular flexibility index (Phi) is 4.96. The number of halogens is 3. The van der Waals surface area contributed by atoms with E-state index in [-0.39, 0.29) is 24.1 Å². The third kappa shape index (κ3) is 3.87. The second kappa shape index (κ2) is 7.47. The van der Waals surface area contributed by atoms with Gasteiger partial charge in [0.1, 0.15) is 0 Å². The highest BCUT2D eigenvalue weighted by molar-refractivity contribution is 5.94. The molecule has 1 aliphatic heterocycles. The molecule has 0 aliphatic carbocycles. The van der Waals surface area contributed by atoms with E-state index in [4.69, 9.17) is 0 Å². The van der Waals surface area contributed by atoms with E-state index in [0.29, 0.717) is 30.6 Å². The Morgan fingerprint density at radius 1 is 1.20 bits per heavy atom. The number of hydrogen-bond acceptors (Lipinski definition) is 4. The van der Waals surface area contributed by atoms with Crippen LogP contribution in [-0.2, 0) is 13.2 Å². The normalized spacial score (nSPS) is 17.3. The van der Waals surface area contributed by atoms with Gasteiger partial charge in [-0.3, -0.25) is 23.5 Å². The van der Waals surface area contributed by atoms with E-state index in [9.17, 15) is 22.8 Å². The minimum Gasteiger partial charge on any atom is -0.336 e. The summed E-state index contributed by atoms with van der Waals surface area (Å²) in [7, 11) is 1.72. The molecular weight excluding hydrogens is 401 g/mol. The van der Waals surface area contributed by atoms with Crippen molar-refractivity contribution in [1.29, 1.82) is 0 Å². The van der Waals surface area contributed by atoms with E-state index in [1.165, 1.54) is 40.0 Å². The second-order valence-corrected chi connectivity index (χ2v) is 7.22. The number of pyridine rings is 1. The zero-order valence-corrected chi connectivity index (χ0v) is 16.1. The van der Waals surface area contributed by atoms with Crippen LogP contribution in [-0.4, -0.2) is 48.0 Å². The number of carbonyl (C=O) groups excluding carboxylic acids is 1. The number of amides is 1. The first-order valence-corrected chi connectivity index (χ1v) is 9.36. The summed E-state index contributed by atoms with van der Waals surface area (Å²) >= 11 is 0. The summed E-state index contributed by atoms with van der Waals surface area (Å²) in [5, 5.41) is 7.67. The SMILES string of the molecule is Cn1cc(-n2cc(C(=O)N3CCCC(n4ccc(C(F)(F)F)n4)C3)ccc2=O)cn1. The number of nitrogens with zero attached hydrogens (tertiary/aromatic N) is 6. The van der Waals surface area contributed by atoms with E-state index >= 15 is 0 Å². The van der Waals surface area contributed by atoms with Crippen molar-refractivity contribution in [3.63, 3.8) is 0 Å². The summed E-state index contributed by atoms with van der Waals surface area (Å²) in [5.74, 6) is -0.291. The molecular formula is C19H19F3N6O2. The number of likely N-dealkylation sites (tertiary alicyclic amines) is 1. The molecule has 1 atom stereocenters. The van der Waals surface area contributed by atoms with E-state index in [1.54, 1.807) is 22.8 Å². The lowest BCUT2D eigenvalue weighted by molar-refractivity contribution is -0.141. The lowest BCUT2D eigenvalue weighted by atomic mass is 10.0. The van der Waals surface area contributed by atoms with Crippen molar-refractivity contribution in [2.24, 2.45) is 7.05 Å². The van der Waals surface area contributed by atoms with Gasteiger partial charge in [-0.1, -0.05) is 0 Å². The Morgan fingerprint density at radius 2 is 2.00 bits per heavy atom. The minimum atomic E-state index is -4.50. The van der Waals surface area contributed by atoms with Crippen molar-refractivity contribution in [1.82, 2.24) is 29.0 Å². The molecule has 1 unspecified atom stereocenters. The molecule has 30 heavy (non-hydrogen) atoms. The molecule has 3 aromatic rings. The first-order valence-electron chi connectivity index (χ1n) is 9.36. The summed E-state index contributed by atoms with van der Waals surface area (Å²) in [6.45, 7) is 0.721. The van der Waals surface area contributed by atoms with Gasteiger partial charge in [0, 0.05) is 44.8 Å². The van der Waals surface area contributed by atoms with Gasteiger partial charge in [0.15, 0.2) is 5.69 Å². The third-order valence-electron chi connectivity index (χ3n) is 5.08. The average molecular weight is 420 g/mol. The van der Waals surface area contributed by atoms with Crippen molar-refractivity contribution in [2.45, 2.75) is 25.1 Å². The maximum atomic E-state index is 13.0. The number of hydrogen-bond donors (Lipinski definition) is 0. The molecule has 11 heteroatoms. The first kappa shape index (κ1) is 19.9. The molecule has 0 bridgehead atoms. The van der Waals surface area contributed by atoms with Crippen LogP contribution in [0.25, 0.3) is 5.69 Å². The molecule has 1 aliphatic rings. The molecule has 1 amide bonds. The zero-order valence-electron chi connectivity index (χ0n) is 16.1. The molecule has 0 spiro atoms. The lowest BCUT2D eigenvalue weighted by Gasteiger charge is -2.33. The molecule has 4 heterocycles. The van der Waals surface area contributed by atoms with Crippen LogP contribution in [0, 0.1) is 0 Å². The van der Waals surface area contributed by atoms with Crippen LogP contribution in [0.15, 0.2) is 47.8 Å².